The van der Waals surface area contributed by atoms with E-state index in [2.05, 4.69) is 17.6 Å². The van der Waals surface area contributed by atoms with E-state index in [1.807, 2.05) is 32.1 Å². The zero-order valence-electron chi connectivity index (χ0n) is 7.54. The Morgan fingerprint density at radius 1 is 1.50 bits per heavy atom. The molecule has 62 valence electrons. The highest BCUT2D eigenvalue weighted by molar-refractivity contribution is 5.65. The standard InChI is InChI=1S/C11H13N/c1-4-6-11-9(3)12-8-7-10(11)5-2/h4-8H,2H2,1,3H3/b6-4-. The van der Waals surface area contributed by atoms with Crippen molar-refractivity contribution in [3.05, 3.63) is 41.7 Å². The zero-order chi connectivity index (χ0) is 8.97. The van der Waals surface area contributed by atoms with Crippen LogP contribution in [0.15, 0.2) is 24.9 Å². The minimum Gasteiger partial charge on any atom is -0.261 e. The predicted octanol–water partition coefficient (Wildman–Crippen LogP) is 3.07. The summed E-state index contributed by atoms with van der Waals surface area (Å²) in [7, 11) is 0. The fourth-order valence-corrected chi connectivity index (χ4v) is 1.16. The summed E-state index contributed by atoms with van der Waals surface area (Å²) in [6.45, 7) is 7.75. The van der Waals surface area contributed by atoms with Crippen molar-refractivity contribution in [2.24, 2.45) is 0 Å². The van der Waals surface area contributed by atoms with E-state index in [0.29, 0.717) is 0 Å². The first-order valence-corrected chi connectivity index (χ1v) is 4.00. The molecule has 0 saturated carbocycles. The van der Waals surface area contributed by atoms with E-state index in [9.17, 15) is 0 Å². The highest BCUT2D eigenvalue weighted by Gasteiger charge is 1.98. The number of pyridine rings is 1. The van der Waals surface area contributed by atoms with Gasteiger partial charge in [-0.2, -0.15) is 0 Å². The third kappa shape index (κ3) is 1.62. The van der Waals surface area contributed by atoms with Gasteiger partial charge < -0.3 is 0 Å². The number of aromatic nitrogens is 1. The summed E-state index contributed by atoms with van der Waals surface area (Å²) >= 11 is 0. The van der Waals surface area contributed by atoms with E-state index >= 15 is 0 Å². The lowest BCUT2D eigenvalue weighted by atomic mass is 10.1. The van der Waals surface area contributed by atoms with Crippen LogP contribution < -0.4 is 0 Å². The SMILES string of the molecule is C=Cc1ccnc(C)c1/C=C\C. The van der Waals surface area contributed by atoms with Crippen molar-refractivity contribution in [1.82, 2.24) is 4.98 Å². The van der Waals surface area contributed by atoms with E-state index < -0.39 is 0 Å². The molecule has 0 saturated heterocycles. The lowest BCUT2D eigenvalue weighted by molar-refractivity contribution is 1.18. The molecule has 0 aliphatic rings. The van der Waals surface area contributed by atoms with Crippen LogP contribution >= 0.6 is 0 Å². The van der Waals surface area contributed by atoms with Gasteiger partial charge in [0.1, 0.15) is 0 Å². The maximum atomic E-state index is 4.21. The van der Waals surface area contributed by atoms with Crippen molar-refractivity contribution in [2.45, 2.75) is 13.8 Å². The van der Waals surface area contributed by atoms with Gasteiger partial charge in [-0.25, -0.2) is 0 Å². The maximum Gasteiger partial charge on any atom is 0.0450 e. The van der Waals surface area contributed by atoms with Crippen LogP contribution in [0, 0.1) is 6.92 Å². The average Bonchev–Trinajstić information content (AvgIpc) is 2.09. The first-order valence-electron chi connectivity index (χ1n) is 4.00. The summed E-state index contributed by atoms with van der Waals surface area (Å²) in [6, 6.07) is 1.97. The van der Waals surface area contributed by atoms with Crippen molar-refractivity contribution in [3.8, 4) is 0 Å². The third-order valence-electron chi connectivity index (χ3n) is 1.78. The Labute approximate surface area is 73.5 Å². The fourth-order valence-electron chi connectivity index (χ4n) is 1.16. The average molecular weight is 159 g/mol. The van der Waals surface area contributed by atoms with Crippen molar-refractivity contribution < 1.29 is 0 Å². The molecule has 0 fully saturated rings. The summed E-state index contributed by atoms with van der Waals surface area (Å²) in [5.74, 6) is 0. The zero-order valence-corrected chi connectivity index (χ0v) is 7.54. The van der Waals surface area contributed by atoms with Gasteiger partial charge in [0.25, 0.3) is 0 Å². The molecule has 0 aliphatic heterocycles. The lowest BCUT2D eigenvalue weighted by Gasteiger charge is -2.02. The summed E-state index contributed by atoms with van der Waals surface area (Å²) in [5, 5.41) is 0. The molecule has 1 nitrogen and oxygen atoms in total. The van der Waals surface area contributed by atoms with Gasteiger partial charge in [-0.05, 0) is 25.5 Å². The number of aryl methyl sites for hydroxylation is 1. The molecule has 12 heavy (non-hydrogen) atoms. The van der Waals surface area contributed by atoms with E-state index in [1.165, 1.54) is 0 Å². The van der Waals surface area contributed by atoms with E-state index in [0.717, 1.165) is 16.8 Å². The Morgan fingerprint density at radius 2 is 2.25 bits per heavy atom. The minimum atomic E-state index is 1.05. The minimum absolute atomic E-state index is 1.05. The van der Waals surface area contributed by atoms with Gasteiger partial charge in [0.15, 0.2) is 0 Å². The van der Waals surface area contributed by atoms with Gasteiger partial charge in [-0.3, -0.25) is 4.98 Å². The van der Waals surface area contributed by atoms with Gasteiger partial charge in [0.05, 0.1) is 0 Å². The molecular formula is C11H13N. The maximum absolute atomic E-state index is 4.21. The molecule has 0 radical (unpaired) electrons. The summed E-state index contributed by atoms with van der Waals surface area (Å²) in [6.07, 6.45) is 7.72. The number of rotatable bonds is 2. The second-order valence-electron chi connectivity index (χ2n) is 2.60. The van der Waals surface area contributed by atoms with Crippen LogP contribution in [0.25, 0.3) is 12.2 Å². The van der Waals surface area contributed by atoms with Crippen LogP contribution in [-0.4, -0.2) is 4.98 Å². The first-order chi connectivity index (χ1) is 5.79. The van der Waals surface area contributed by atoms with E-state index in [1.54, 1.807) is 6.20 Å². The number of hydrogen-bond donors (Lipinski definition) is 0. The summed E-state index contributed by atoms with van der Waals surface area (Å²) in [4.78, 5) is 4.21. The molecule has 0 bridgehead atoms. The van der Waals surface area contributed by atoms with Crippen LogP contribution in [0.2, 0.25) is 0 Å². The highest BCUT2D eigenvalue weighted by atomic mass is 14.7. The molecular weight excluding hydrogens is 146 g/mol. The lowest BCUT2D eigenvalue weighted by Crippen LogP contribution is -1.88. The Hall–Kier alpha value is -1.37. The fraction of sp³-hybridized carbons (Fsp3) is 0.182. The largest absolute Gasteiger partial charge is 0.261 e. The second kappa shape index (κ2) is 3.86. The van der Waals surface area contributed by atoms with Gasteiger partial charge in [-0.15, -0.1) is 0 Å². The smallest absolute Gasteiger partial charge is 0.0450 e. The Balaban J connectivity index is 3.28. The second-order valence-corrected chi connectivity index (χ2v) is 2.60. The number of allylic oxidation sites excluding steroid dienone is 1. The van der Waals surface area contributed by atoms with Gasteiger partial charge in [0.2, 0.25) is 0 Å². The topological polar surface area (TPSA) is 12.9 Å². The third-order valence-corrected chi connectivity index (χ3v) is 1.78. The molecule has 1 heteroatoms. The van der Waals surface area contributed by atoms with Gasteiger partial charge >= 0.3 is 0 Å². The van der Waals surface area contributed by atoms with E-state index in [4.69, 9.17) is 0 Å². The molecule has 0 aliphatic carbocycles. The molecule has 1 heterocycles. The van der Waals surface area contributed by atoms with Crippen molar-refractivity contribution in [2.75, 3.05) is 0 Å². The molecule has 0 atom stereocenters. The summed E-state index contributed by atoms with van der Waals surface area (Å²) < 4.78 is 0. The Bertz CT molecular complexity index is 311. The Kier molecular flexibility index (Phi) is 2.81. The van der Waals surface area contributed by atoms with Crippen molar-refractivity contribution >= 4 is 12.2 Å². The molecule has 0 aromatic carbocycles. The Morgan fingerprint density at radius 3 is 2.83 bits per heavy atom. The molecule has 1 aromatic heterocycles. The summed E-state index contributed by atoms with van der Waals surface area (Å²) in [5.41, 5.74) is 3.35. The normalized spacial score (nSPS) is 10.5. The predicted molar refractivity (Wildman–Crippen MR) is 53.8 cm³/mol. The van der Waals surface area contributed by atoms with E-state index in [-0.39, 0.29) is 0 Å². The first kappa shape index (κ1) is 8.72. The van der Waals surface area contributed by atoms with Crippen LogP contribution in [0.4, 0.5) is 0 Å². The molecule has 0 unspecified atom stereocenters. The van der Waals surface area contributed by atoms with Gasteiger partial charge in [-0.1, -0.05) is 24.8 Å². The van der Waals surface area contributed by atoms with Crippen LogP contribution in [-0.2, 0) is 0 Å². The van der Waals surface area contributed by atoms with Crippen molar-refractivity contribution in [3.63, 3.8) is 0 Å². The molecule has 0 N–H and O–H groups in total. The van der Waals surface area contributed by atoms with Crippen LogP contribution in [0.5, 0.6) is 0 Å². The highest BCUT2D eigenvalue weighted by Crippen LogP contribution is 2.14. The number of hydrogen-bond acceptors (Lipinski definition) is 1. The molecule has 1 rings (SSSR count). The van der Waals surface area contributed by atoms with Crippen LogP contribution in [0.1, 0.15) is 23.7 Å². The number of nitrogens with zero attached hydrogens (tertiary/aromatic N) is 1. The molecule has 0 spiro atoms. The monoisotopic (exact) mass is 159 g/mol. The quantitative estimate of drug-likeness (QED) is 0.646. The van der Waals surface area contributed by atoms with Crippen LogP contribution in [0.3, 0.4) is 0 Å². The molecule has 1 aromatic rings. The van der Waals surface area contributed by atoms with Crippen molar-refractivity contribution in [1.29, 1.82) is 0 Å². The molecule has 0 amide bonds. The van der Waals surface area contributed by atoms with Gasteiger partial charge in [0, 0.05) is 17.5 Å².